The van der Waals surface area contributed by atoms with E-state index in [2.05, 4.69) is 0 Å². The van der Waals surface area contributed by atoms with Gasteiger partial charge in [-0.05, 0) is 18.6 Å². The highest BCUT2D eigenvalue weighted by atomic mass is 16.5. The maximum Gasteiger partial charge on any atom is 0.128 e. The zero-order chi connectivity index (χ0) is 9.68. The summed E-state index contributed by atoms with van der Waals surface area (Å²) in [4.78, 5) is 10.6. The van der Waals surface area contributed by atoms with Gasteiger partial charge in [-0.15, -0.1) is 0 Å². The van der Waals surface area contributed by atoms with Crippen LogP contribution in [0.2, 0.25) is 0 Å². The van der Waals surface area contributed by atoms with Crippen molar-refractivity contribution in [3.05, 3.63) is 29.8 Å². The lowest BCUT2D eigenvalue weighted by Gasteiger charge is -2.10. The monoisotopic (exact) mass is 179 g/mol. The van der Waals surface area contributed by atoms with Gasteiger partial charge in [0.25, 0.3) is 0 Å². The van der Waals surface area contributed by atoms with Crippen LogP contribution in [0.1, 0.15) is 23.7 Å². The Kier molecular flexibility index (Phi) is 3.31. The number of para-hydroxylation sites is 1. The van der Waals surface area contributed by atoms with Crippen LogP contribution in [-0.2, 0) is 0 Å². The molecule has 0 aromatic heterocycles. The van der Waals surface area contributed by atoms with E-state index in [4.69, 9.17) is 4.74 Å². The molecular formula is C10H11O3-. The van der Waals surface area contributed by atoms with Crippen molar-refractivity contribution in [3.63, 3.8) is 0 Å². The minimum Gasteiger partial charge on any atom is -0.545 e. The fourth-order valence-corrected chi connectivity index (χ4v) is 0.973. The van der Waals surface area contributed by atoms with Crippen molar-refractivity contribution in [2.75, 3.05) is 6.61 Å². The van der Waals surface area contributed by atoms with Gasteiger partial charge in [0.15, 0.2) is 0 Å². The van der Waals surface area contributed by atoms with E-state index < -0.39 is 5.97 Å². The minimum absolute atomic E-state index is 0.107. The summed E-state index contributed by atoms with van der Waals surface area (Å²) in [5, 5.41) is 10.6. The van der Waals surface area contributed by atoms with Crippen molar-refractivity contribution >= 4 is 5.97 Å². The molecule has 0 unspecified atom stereocenters. The summed E-state index contributed by atoms with van der Waals surface area (Å²) in [6.07, 6.45) is 0.849. The van der Waals surface area contributed by atoms with Crippen LogP contribution in [0.15, 0.2) is 24.3 Å². The van der Waals surface area contributed by atoms with Gasteiger partial charge in [0.05, 0.1) is 12.6 Å². The van der Waals surface area contributed by atoms with E-state index in [0.29, 0.717) is 12.4 Å². The molecule has 0 bridgehead atoms. The number of carbonyl (C=O) groups is 1. The Morgan fingerprint density at radius 3 is 2.77 bits per heavy atom. The molecule has 0 aliphatic heterocycles. The molecule has 0 amide bonds. The summed E-state index contributed by atoms with van der Waals surface area (Å²) in [5.74, 6) is -0.823. The molecule has 0 saturated heterocycles. The highest BCUT2D eigenvalue weighted by Crippen LogP contribution is 2.16. The van der Waals surface area contributed by atoms with Crippen LogP contribution in [0.4, 0.5) is 0 Å². The largest absolute Gasteiger partial charge is 0.545 e. The lowest BCUT2D eigenvalue weighted by Crippen LogP contribution is -2.23. The van der Waals surface area contributed by atoms with Crippen LogP contribution >= 0.6 is 0 Å². The highest BCUT2D eigenvalue weighted by molar-refractivity contribution is 5.89. The standard InChI is InChI=1S/C10H12O3/c1-2-7-13-9-6-4-3-5-8(9)10(11)12/h3-6H,2,7H2,1H3,(H,11,12)/p-1. The Hall–Kier alpha value is -1.51. The molecule has 70 valence electrons. The first-order valence-corrected chi connectivity index (χ1v) is 4.19. The molecule has 1 aromatic rings. The number of hydrogen-bond donors (Lipinski definition) is 0. The molecule has 0 saturated carbocycles. The third-order valence-electron chi connectivity index (χ3n) is 1.57. The van der Waals surface area contributed by atoms with E-state index in [9.17, 15) is 9.90 Å². The van der Waals surface area contributed by atoms with Crippen LogP contribution in [-0.4, -0.2) is 12.6 Å². The van der Waals surface area contributed by atoms with Crippen molar-refractivity contribution in [1.29, 1.82) is 0 Å². The van der Waals surface area contributed by atoms with Gasteiger partial charge in [0, 0.05) is 5.56 Å². The number of rotatable bonds is 4. The molecule has 0 fully saturated rings. The Balaban J connectivity index is 2.84. The number of hydrogen-bond acceptors (Lipinski definition) is 3. The maximum atomic E-state index is 10.6. The fourth-order valence-electron chi connectivity index (χ4n) is 0.973. The van der Waals surface area contributed by atoms with E-state index in [-0.39, 0.29) is 5.56 Å². The highest BCUT2D eigenvalue weighted by Gasteiger charge is 2.01. The molecule has 0 heterocycles. The first-order chi connectivity index (χ1) is 6.25. The molecule has 0 radical (unpaired) electrons. The first kappa shape index (κ1) is 9.58. The van der Waals surface area contributed by atoms with Gasteiger partial charge in [-0.25, -0.2) is 0 Å². The van der Waals surface area contributed by atoms with E-state index in [1.54, 1.807) is 18.2 Å². The quantitative estimate of drug-likeness (QED) is 0.688. The zero-order valence-corrected chi connectivity index (χ0v) is 7.45. The van der Waals surface area contributed by atoms with E-state index in [1.807, 2.05) is 6.92 Å². The predicted octanol–water partition coefficient (Wildman–Crippen LogP) is 0.839. The van der Waals surface area contributed by atoms with Crippen LogP contribution in [0.3, 0.4) is 0 Å². The topological polar surface area (TPSA) is 49.4 Å². The van der Waals surface area contributed by atoms with Crippen LogP contribution < -0.4 is 9.84 Å². The molecule has 3 heteroatoms. The smallest absolute Gasteiger partial charge is 0.128 e. The predicted molar refractivity (Wildman–Crippen MR) is 46.6 cm³/mol. The van der Waals surface area contributed by atoms with Crippen molar-refractivity contribution < 1.29 is 14.6 Å². The van der Waals surface area contributed by atoms with E-state index in [1.165, 1.54) is 6.07 Å². The van der Waals surface area contributed by atoms with Gasteiger partial charge in [-0.2, -0.15) is 0 Å². The van der Waals surface area contributed by atoms with Crippen molar-refractivity contribution in [3.8, 4) is 5.75 Å². The number of benzene rings is 1. The zero-order valence-electron chi connectivity index (χ0n) is 7.45. The second kappa shape index (κ2) is 4.50. The molecule has 0 spiro atoms. The van der Waals surface area contributed by atoms with Gasteiger partial charge in [-0.1, -0.05) is 19.1 Å². The van der Waals surface area contributed by atoms with Crippen LogP contribution in [0.5, 0.6) is 5.75 Å². The van der Waals surface area contributed by atoms with Gasteiger partial charge in [-0.3, -0.25) is 0 Å². The normalized spacial score (nSPS) is 9.62. The third kappa shape index (κ3) is 2.47. The lowest BCUT2D eigenvalue weighted by molar-refractivity contribution is -0.255. The maximum absolute atomic E-state index is 10.6. The number of carboxylic acid groups (broad SMARTS) is 1. The molecule has 0 aliphatic rings. The molecule has 3 nitrogen and oxygen atoms in total. The summed E-state index contributed by atoms with van der Waals surface area (Å²) < 4.78 is 5.23. The second-order valence-electron chi connectivity index (χ2n) is 2.63. The summed E-state index contributed by atoms with van der Waals surface area (Å²) in [5.41, 5.74) is 0.107. The molecule has 0 atom stereocenters. The summed E-state index contributed by atoms with van der Waals surface area (Å²) in [6.45, 7) is 2.48. The number of carboxylic acids is 1. The first-order valence-electron chi connectivity index (χ1n) is 4.19. The van der Waals surface area contributed by atoms with Crippen molar-refractivity contribution in [1.82, 2.24) is 0 Å². The van der Waals surface area contributed by atoms with Gasteiger partial charge >= 0.3 is 0 Å². The Morgan fingerprint density at radius 2 is 2.15 bits per heavy atom. The Morgan fingerprint density at radius 1 is 1.46 bits per heavy atom. The average molecular weight is 179 g/mol. The Labute approximate surface area is 77.0 Å². The van der Waals surface area contributed by atoms with Crippen molar-refractivity contribution in [2.24, 2.45) is 0 Å². The molecule has 1 aromatic carbocycles. The summed E-state index contributed by atoms with van der Waals surface area (Å²) in [6, 6.07) is 6.47. The second-order valence-corrected chi connectivity index (χ2v) is 2.63. The Bertz CT molecular complexity index is 294. The molecule has 13 heavy (non-hydrogen) atoms. The number of ether oxygens (including phenoxy) is 1. The molecule has 0 N–H and O–H groups in total. The number of aromatic carboxylic acids is 1. The van der Waals surface area contributed by atoms with Gasteiger partial charge in [0.1, 0.15) is 5.75 Å². The SMILES string of the molecule is CCCOc1ccccc1C(=O)[O-]. The summed E-state index contributed by atoms with van der Waals surface area (Å²) >= 11 is 0. The van der Waals surface area contributed by atoms with Crippen LogP contribution in [0.25, 0.3) is 0 Å². The lowest BCUT2D eigenvalue weighted by atomic mass is 10.2. The third-order valence-corrected chi connectivity index (χ3v) is 1.57. The summed E-state index contributed by atoms with van der Waals surface area (Å²) in [7, 11) is 0. The molecule has 0 aliphatic carbocycles. The van der Waals surface area contributed by atoms with Gasteiger partial charge in [0.2, 0.25) is 0 Å². The number of carbonyl (C=O) groups excluding carboxylic acids is 1. The average Bonchev–Trinajstić information content (AvgIpc) is 2.15. The minimum atomic E-state index is -1.20. The van der Waals surface area contributed by atoms with Crippen LogP contribution in [0, 0.1) is 0 Å². The molecular weight excluding hydrogens is 168 g/mol. The van der Waals surface area contributed by atoms with E-state index in [0.717, 1.165) is 6.42 Å². The van der Waals surface area contributed by atoms with Crippen molar-refractivity contribution in [2.45, 2.75) is 13.3 Å². The van der Waals surface area contributed by atoms with E-state index >= 15 is 0 Å². The fraction of sp³-hybridized carbons (Fsp3) is 0.300. The van der Waals surface area contributed by atoms with Gasteiger partial charge < -0.3 is 14.6 Å². The molecule has 1 rings (SSSR count).